The smallest absolute Gasteiger partial charge is 0.331 e. The first-order valence-corrected chi connectivity index (χ1v) is 5.33. The first-order valence-electron chi connectivity index (χ1n) is 5.33. The van der Waals surface area contributed by atoms with Gasteiger partial charge in [-0.1, -0.05) is 12.1 Å². The SMILES string of the molecule is CCOC(=O)C=C(COC)c1cccc(O)c1. The Hall–Kier alpha value is -1.81. The Morgan fingerprint density at radius 1 is 1.47 bits per heavy atom. The highest BCUT2D eigenvalue weighted by Gasteiger charge is 2.06. The van der Waals surface area contributed by atoms with E-state index in [1.54, 1.807) is 38.3 Å². The zero-order valence-corrected chi connectivity index (χ0v) is 9.97. The van der Waals surface area contributed by atoms with E-state index in [9.17, 15) is 9.90 Å². The molecule has 0 saturated heterocycles. The summed E-state index contributed by atoms with van der Waals surface area (Å²) in [7, 11) is 1.54. The summed E-state index contributed by atoms with van der Waals surface area (Å²) in [5.74, 6) is -0.267. The Morgan fingerprint density at radius 3 is 2.82 bits per heavy atom. The van der Waals surface area contributed by atoms with Crippen molar-refractivity contribution in [1.82, 2.24) is 0 Å². The molecule has 0 aromatic heterocycles. The number of carbonyl (C=O) groups is 1. The second kappa shape index (κ2) is 6.70. The van der Waals surface area contributed by atoms with Crippen molar-refractivity contribution >= 4 is 11.5 Å². The number of aromatic hydroxyl groups is 1. The van der Waals surface area contributed by atoms with Crippen molar-refractivity contribution < 1.29 is 19.4 Å². The largest absolute Gasteiger partial charge is 0.508 e. The Kier molecular flexibility index (Phi) is 5.23. The maximum Gasteiger partial charge on any atom is 0.331 e. The number of esters is 1. The summed E-state index contributed by atoms with van der Waals surface area (Å²) in [4.78, 5) is 11.4. The molecule has 0 aliphatic heterocycles. The molecule has 0 aliphatic rings. The fraction of sp³-hybridized carbons (Fsp3) is 0.308. The lowest BCUT2D eigenvalue weighted by molar-refractivity contribution is -0.137. The minimum absolute atomic E-state index is 0.147. The van der Waals surface area contributed by atoms with Gasteiger partial charge in [0.2, 0.25) is 0 Å². The highest BCUT2D eigenvalue weighted by molar-refractivity contribution is 5.91. The minimum atomic E-state index is -0.414. The molecule has 1 rings (SSSR count). The normalized spacial score (nSPS) is 11.3. The van der Waals surface area contributed by atoms with Crippen molar-refractivity contribution in [2.75, 3.05) is 20.3 Å². The summed E-state index contributed by atoms with van der Waals surface area (Å²) < 4.78 is 9.86. The van der Waals surface area contributed by atoms with Crippen LogP contribution in [-0.4, -0.2) is 31.4 Å². The molecule has 0 fully saturated rings. The molecule has 92 valence electrons. The second-order valence-corrected chi connectivity index (χ2v) is 3.40. The van der Waals surface area contributed by atoms with Crippen LogP contribution in [0.4, 0.5) is 0 Å². The van der Waals surface area contributed by atoms with Crippen molar-refractivity contribution in [3.63, 3.8) is 0 Å². The van der Waals surface area contributed by atoms with Crippen LogP contribution in [0.15, 0.2) is 30.3 Å². The van der Waals surface area contributed by atoms with Crippen LogP contribution in [0.25, 0.3) is 5.57 Å². The molecule has 0 unspecified atom stereocenters. The molecule has 1 N–H and O–H groups in total. The van der Waals surface area contributed by atoms with Gasteiger partial charge in [-0.2, -0.15) is 0 Å². The molecule has 1 aromatic carbocycles. The highest BCUT2D eigenvalue weighted by Crippen LogP contribution is 2.19. The van der Waals surface area contributed by atoms with Crippen LogP contribution in [0.1, 0.15) is 12.5 Å². The molecule has 0 spiro atoms. The molecular formula is C13H16O4. The summed E-state index contributed by atoms with van der Waals surface area (Å²) in [5, 5.41) is 9.38. The van der Waals surface area contributed by atoms with Crippen LogP contribution in [-0.2, 0) is 14.3 Å². The van der Waals surface area contributed by atoms with Crippen LogP contribution in [0.3, 0.4) is 0 Å². The summed E-state index contributed by atoms with van der Waals surface area (Å²) in [6.45, 7) is 2.36. The third-order valence-electron chi connectivity index (χ3n) is 2.10. The van der Waals surface area contributed by atoms with E-state index in [1.807, 2.05) is 0 Å². The molecule has 17 heavy (non-hydrogen) atoms. The van der Waals surface area contributed by atoms with Crippen LogP contribution in [0, 0.1) is 0 Å². The van der Waals surface area contributed by atoms with Crippen LogP contribution in [0.2, 0.25) is 0 Å². The van der Waals surface area contributed by atoms with Gasteiger partial charge in [-0.25, -0.2) is 4.79 Å². The number of benzene rings is 1. The van der Waals surface area contributed by atoms with Gasteiger partial charge in [0.25, 0.3) is 0 Å². The lowest BCUT2D eigenvalue weighted by Crippen LogP contribution is -2.03. The Balaban J connectivity index is 2.96. The van der Waals surface area contributed by atoms with Gasteiger partial charge in [0.1, 0.15) is 5.75 Å². The van der Waals surface area contributed by atoms with Gasteiger partial charge < -0.3 is 14.6 Å². The molecule has 1 aromatic rings. The van der Waals surface area contributed by atoms with Crippen LogP contribution >= 0.6 is 0 Å². The molecule has 0 saturated carbocycles. The lowest BCUT2D eigenvalue weighted by Gasteiger charge is -2.07. The number of hydrogen-bond acceptors (Lipinski definition) is 4. The number of carbonyl (C=O) groups excluding carboxylic acids is 1. The highest BCUT2D eigenvalue weighted by atomic mass is 16.5. The Bertz CT molecular complexity index is 410. The van der Waals surface area contributed by atoms with Gasteiger partial charge in [0, 0.05) is 13.2 Å². The van der Waals surface area contributed by atoms with Crippen molar-refractivity contribution in [2.45, 2.75) is 6.92 Å². The molecule has 0 atom stereocenters. The van der Waals surface area contributed by atoms with Crippen LogP contribution in [0.5, 0.6) is 5.75 Å². The Morgan fingerprint density at radius 2 is 2.24 bits per heavy atom. The van der Waals surface area contributed by atoms with Gasteiger partial charge in [-0.15, -0.1) is 0 Å². The molecule has 0 bridgehead atoms. The van der Waals surface area contributed by atoms with Gasteiger partial charge in [-0.05, 0) is 30.2 Å². The van der Waals surface area contributed by atoms with E-state index in [0.717, 1.165) is 5.56 Å². The van der Waals surface area contributed by atoms with Crippen molar-refractivity contribution in [3.8, 4) is 5.75 Å². The fourth-order valence-corrected chi connectivity index (χ4v) is 1.40. The molecule has 4 heteroatoms. The third-order valence-corrected chi connectivity index (χ3v) is 2.10. The fourth-order valence-electron chi connectivity index (χ4n) is 1.40. The first kappa shape index (κ1) is 13.3. The van der Waals surface area contributed by atoms with Gasteiger partial charge >= 0.3 is 5.97 Å². The number of ether oxygens (including phenoxy) is 2. The predicted octanol–water partition coefficient (Wildman–Crippen LogP) is 1.99. The number of methoxy groups -OCH3 is 1. The predicted molar refractivity (Wildman–Crippen MR) is 64.6 cm³/mol. The maximum absolute atomic E-state index is 11.4. The molecule has 0 amide bonds. The van der Waals surface area contributed by atoms with E-state index < -0.39 is 5.97 Å². The average Bonchev–Trinajstić information content (AvgIpc) is 2.29. The van der Waals surface area contributed by atoms with E-state index in [-0.39, 0.29) is 12.4 Å². The summed E-state index contributed by atoms with van der Waals surface area (Å²) >= 11 is 0. The van der Waals surface area contributed by atoms with E-state index in [0.29, 0.717) is 12.2 Å². The van der Waals surface area contributed by atoms with E-state index >= 15 is 0 Å². The van der Waals surface area contributed by atoms with Crippen molar-refractivity contribution in [1.29, 1.82) is 0 Å². The quantitative estimate of drug-likeness (QED) is 0.627. The van der Waals surface area contributed by atoms with Gasteiger partial charge in [0.05, 0.1) is 13.2 Å². The minimum Gasteiger partial charge on any atom is -0.508 e. The van der Waals surface area contributed by atoms with Crippen LogP contribution < -0.4 is 0 Å². The molecule has 0 radical (unpaired) electrons. The summed E-state index contributed by atoms with van der Waals surface area (Å²) in [6.07, 6.45) is 1.38. The molecule has 4 nitrogen and oxygen atoms in total. The first-order chi connectivity index (χ1) is 8.17. The standard InChI is InChI=1S/C13H16O4/c1-3-17-13(15)8-11(9-16-2)10-5-4-6-12(14)7-10/h4-8,14H,3,9H2,1-2H3. The van der Waals surface area contributed by atoms with Crippen molar-refractivity contribution in [2.24, 2.45) is 0 Å². The van der Waals surface area contributed by atoms with E-state index in [4.69, 9.17) is 9.47 Å². The molecular weight excluding hydrogens is 220 g/mol. The zero-order chi connectivity index (χ0) is 12.7. The number of phenolic OH excluding ortho intramolecular Hbond substituents is 1. The van der Waals surface area contributed by atoms with Gasteiger partial charge in [0.15, 0.2) is 0 Å². The number of hydrogen-bond donors (Lipinski definition) is 1. The average molecular weight is 236 g/mol. The lowest BCUT2D eigenvalue weighted by atomic mass is 10.1. The number of phenols is 1. The molecule has 0 aliphatic carbocycles. The second-order valence-electron chi connectivity index (χ2n) is 3.40. The van der Waals surface area contributed by atoms with E-state index in [2.05, 4.69) is 0 Å². The third kappa shape index (κ3) is 4.28. The van der Waals surface area contributed by atoms with E-state index in [1.165, 1.54) is 6.08 Å². The molecule has 0 heterocycles. The Labute approximate surface area is 100 Å². The maximum atomic E-state index is 11.4. The topological polar surface area (TPSA) is 55.8 Å². The number of rotatable bonds is 5. The van der Waals surface area contributed by atoms with Crippen molar-refractivity contribution in [3.05, 3.63) is 35.9 Å². The monoisotopic (exact) mass is 236 g/mol. The van der Waals surface area contributed by atoms with Gasteiger partial charge in [-0.3, -0.25) is 0 Å². The zero-order valence-electron chi connectivity index (χ0n) is 9.97. The summed E-state index contributed by atoms with van der Waals surface area (Å²) in [6, 6.07) is 6.64. The summed E-state index contributed by atoms with van der Waals surface area (Å²) in [5.41, 5.74) is 1.40.